The van der Waals surface area contributed by atoms with Crippen molar-refractivity contribution < 1.29 is 9.84 Å². The van der Waals surface area contributed by atoms with Gasteiger partial charge in [-0.1, -0.05) is 25.5 Å². The molecule has 0 saturated heterocycles. The first-order valence-corrected chi connectivity index (χ1v) is 7.19. The molecule has 0 bridgehead atoms. The summed E-state index contributed by atoms with van der Waals surface area (Å²) >= 11 is 0. The summed E-state index contributed by atoms with van der Waals surface area (Å²) in [6, 6.07) is 8.08. The van der Waals surface area contributed by atoms with Gasteiger partial charge in [-0.2, -0.15) is 0 Å². The predicted molar refractivity (Wildman–Crippen MR) is 71.6 cm³/mol. The molecule has 1 aromatic carbocycles. The molecule has 18 heavy (non-hydrogen) atoms. The molecular formula is C16H22O2. The minimum absolute atomic E-state index is 0.440. The normalized spacial score (nSPS) is 31.6. The quantitative estimate of drug-likeness (QED) is 0.879. The summed E-state index contributed by atoms with van der Waals surface area (Å²) < 4.78 is 5.74. The van der Waals surface area contributed by atoms with E-state index in [1.807, 2.05) is 24.3 Å². The van der Waals surface area contributed by atoms with Crippen molar-refractivity contribution >= 4 is 0 Å². The van der Waals surface area contributed by atoms with Crippen molar-refractivity contribution in [1.82, 2.24) is 0 Å². The Morgan fingerprint density at radius 3 is 2.50 bits per heavy atom. The van der Waals surface area contributed by atoms with Gasteiger partial charge in [0.2, 0.25) is 0 Å². The van der Waals surface area contributed by atoms with Gasteiger partial charge in [-0.25, -0.2) is 0 Å². The van der Waals surface area contributed by atoms with Gasteiger partial charge in [-0.05, 0) is 55.7 Å². The molecule has 2 aliphatic carbocycles. The number of ether oxygens (including phenoxy) is 1. The van der Waals surface area contributed by atoms with Crippen LogP contribution in [-0.4, -0.2) is 11.2 Å². The molecule has 0 radical (unpaired) electrons. The summed E-state index contributed by atoms with van der Waals surface area (Å²) in [6.07, 6.45) is 6.93. The zero-order valence-corrected chi connectivity index (χ0v) is 11.1. The highest BCUT2D eigenvalue weighted by molar-refractivity contribution is 5.32. The van der Waals surface area contributed by atoms with Gasteiger partial charge in [0.1, 0.15) is 5.75 Å². The minimum atomic E-state index is -0.598. The maximum atomic E-state index is 10.7. The van der Waals surface area contributed by atoms with E-state index in [1.54, 1.807) is 0 Å². The Kier molecular flexibility index (Phi) is 3.06. The molecule has 0 aliphatic heterocycles. The highest BCUT2D eigenvalue weighted by Crippen LogP contribution is 2.43. The Morgan fingerprint density at radius 1 is 1.22 bits per heavy atom. The Labute approximate surface area is 109 Å². The number of rotatable bonds is 4. The molecule has 2 unspecified atom stereocenters. The van der Waals surface area contributed by atoms with Crippen molar-refractivity contribution in [2.45, 2.75) is 57.2 Å². The van der Waals surface area contributed by atoms with Gasteiger partial charge >= 0.3 is 0 Å². The van der Waals surface area contributed by atoms with Crippen LogP contribution in [0.2, 0.25) is 0 Å². The van der Waals surface area contributed by atoms with Crippen LogP contribution < -0.4 is 4.74 Å². The number of aliphatic hydroxyl groups is 1. The molecule has 2 atom stereocenters. The van der Waals surface area contributed by atoms with Gasteiger partial charge in [0.05, 0.1) is 11.7 Å². The highest BCUT2D eigenvalue weighted by atomic mass is 16.5. The largest absolute Gasteiger partial charge is 0.490 e. The number of hydrogen-bond donors (Lipinski definition) is 1. The third-order valence-corrected chi connectivity index (χ3v) is 4.39. The van der Waals surface area contributed by atoms with Crippen molar-refractivity contribution in [1.29, 1.82) is 0 Å². The summed E-state index contributed by atoms with van der Waals surface area (Å²) in [5, 5.41) is 10.7. The van der Waals surface area contributed by atoms with E-state index in [4.69, 9.17) is 4.74 Å². The van der Waals surface area contributed by atoms with Gasteiger partial charge in [-0.15, -0.1) is 0 Å². The molecule has 1 N–H and O–H groups in total. The van der Waals surface area contributed by atoms with Crippen LogP contribution in [-0.2, 0) is 5.60 Å². The summed E-state index contributed by atoms with van der Waals surface area (Å²) in [4.78, 5) is 0. The second kappa shape index (κ2) is 4.58. The molecule has 2 heteroatoms. The van der Waals surface area contributed by atoms with Crippen LogP contribution in [0.5, 0.6) is 5.75 Å². The standard InChI is InChI=1S/C16H22O2/c1-2-12-9-10-16(17,11-12)13-3-5-14(6-4-13)18-15-7-8-15/h3-6,12,15,17H,2,7-11H2,1H3. The van der Waals surface area contributed by atoms with Crippen molar-refractivity contribution in [2.75, 3.05) is 0 Å². The predicted octanol–water partition coefficient (Wildman–Crippen LogP) is 3.63. The molecule has 2 saturated carbocycles. The van der Waals surface area contributed by atoms with E-state index < -0.39 is 5.60 Å². The molecule has 1 aromatic rings. The van der Waals surface area contributed by atoms with E-state index in [2.05, 4.69) is 6.92 Å². The molecule has 0 aromatic heterocycles. The van der Waals surface area contributed by atoms with E-state index in [1.165, 1.54) is 19.3 Å². The summed E-state index contributed by atoms with van der Waals surface area (Å²) in [5.41, 5.74) is 0.459. The molecule has 2 fully saturated rings. The van der Waals surface area contributed by atoms with Crippen molar-refractivity contribution in [2.24, 2.45) is 5.92 Å². The fourth-order valence-electron chi connectivity index (χ4n) is 2.96. The Bertz CT molecular complexity index is 408. The maximum Gasteiger partial charge on any atom is 0.119 e. The van der Waals surface area contributed by atoms with Crippen LogP contribution in [0.4, 0.5) is 0 Å². The van der Waals surface area contributed by atoms with Gasteiger partial charge < -0.3 is 9.84 Å². The van der Waals surface area contributed by atoms with Crippen LogP contribution in [0.1, 0.15) is 51.0 Å². The molecule has 98 valence electrons. The Balaban J connectivity index is 1.71. The molecule has 2 aliphatic rings. The highest BCUT2D eigenvalue weighted by Gasteiger charge is 2.37. The lowest BCUT2D eigenvalue weighted by molar-refractivity contribution is 0.0397. The first-order valence-electron chi connectivity index (χ1n) is 7.19. The lowest BCUT2D eigenvalue weighted by Gasteiger charge is -2.23. The summed E-state index contributed by atoms with van der Waals surface area (Å²) in [5.74, 6) is 1.62. The third-order valence-electron chi connectivity index (χ3n) is 4.39. The zero-order chi connectivity index (χ0) is 12.6. The van der Waals surface area contributed by atoms with Crippen LogP contribution in [0.15, 0.2) is 24.3 Å². The van der Waals surface area contributed by atoms with Gasteiger partial charge in [0.15, 0.2) is 0 Å². The van der Waals surface area contributed by atoms with E-state index in [9.17, 15) is 5.11 Å². The maximum absolute atomic E-state index is 10.7. The number of hydrogen-bond acceptors (Lipinski definition) is 2. The van der Waals surface area contributed by atoms with Crippen molar-refractivity contribution in [3.8, 4) is 5.75 Å². The van der Waals surface area contributed by atoms with Gasteiger partial charge in [0.25, 0.3) is 0 Å². The van der Waals surface area contributed by atoms with Gasteiger partial charge in [-0.3, -0.25) is 0 Å². The average Bonchev–Trinajstić information content (AvgIpc) is 3.11. The lowest BCUT2D eigenvalue weighted by atomic mass is 9.90. The topological polar surface area (TPSA) is 29.5 Å². The smallest absolute Gasteiger partial charge is 0.119 e. The summed E-state index contributed by atoms with van der Waals surface area (Å²) in [6.45, 7) is 2.21. The monoisotopic (exact) mass is 246 g/mol. The average molecular weight is 246 g/mol. The fourth-order valence-corrected chi connectivity index (χ4v) is 2.96. The Hall–Kier alpha value is -1.02. The van der Waals surface area contributed by atoms with E-state index >= 15 is 0 Å². The second-order valence-electron chi connectivity index (χ2n) is 5.89. The minimum Gasteiger partial charge on any atom is -0.490 e. The molecule has 0 heterocycles. The fraction of sp³-hybridized carbons (Fsp3) is 0.625. The van der Waals surface area contributed by atoms with E-state index in [0.717, 1.165) is 30.6 Å². The SMILES string of the molecule is CCC1CCC(O)(c2ccc(OC3CC3)cc2)C1. The Morgan fingerprint density at radius 2 is 1.94 bits per heavy atom. The van der Waals surface area contributed by atoms with E-state index in [-0.39, 0.29) is 0 Å². The first kappa shape index (κ1) is 12.0. The van der Waals surface area contributed by atoms with Crippen LogP contribution in [0, 0.1) is 5.92 Å². The molecule has 0 spiro atoms. The second-order valence-corrected chi connectivity index (χ2v) is 5.89. The third kappa shape index (κ3) is 2.39. The first-order chi connectivity index (χ1) is 8.69. The zero-order valence-electron chi connectivity index (χ0n) is 11.1. The van der Waals surface area contributed by atoms with E-state index in [0.29, 0.717) is 12.0 Å². The van der Waals surface area contributed by atoms with Gasteiger partial charge in [0, 0.05) is 0 Å². The van der Waals surface area contributed by atoms with Crippen LogP contribution >= 0.6 is 0 Å². The molecular weight excluding hydrogens is 224 g/mol. The van der Waals surface area contributed by atoms with Crippen LogP contribution in [0.3, 0.4) is 0 Å². The number of benzene rings is 1. The summed E-state index contributed by atoms with van der Waals surface area (Å²) in [7, 11) is 0. The van der Waals surface area contributed by atoms with Crippen LogP contribution in [0.25, 0.3) is 0 Å². The molecule has 3 rings (SSSR count). The van der Waals surface area contributed by atoms with Crippen molar-refractivity contribution in [3.05, 3.63) is 29.8 Å². The molecule has 0 amide bonds. The molecule has 2 nitrogen and oxygen atoms in total. The lowest BCUT2D eigenvalue weighted by Crippen LogP contribution is -2.21. The van der Waals surface area contributed by atoms with Crippen molar-refractivity contribution in [3.63, 3.8) is 0 Å².